The summed E-state index contributed by atoms with van der Waals surface area (Å²) in [7, 11) is 0. The van der Waals surface area contributed by atoms with Gasteiger partial charge in [-0.2, -0.15) is 0 Å². The van der Waals surface area contributed by atoms with Crippen molar-refractivity contribution < 1.29 is 9.53 Å². The van der Waals surface area contributed by atoms with E-state index in [2.05, 4.69) is 0 Å². The molecular weight excluding hydrogens is 238 g/mol. The molecule has 3 rings (SSSR count). The second kappa shape index (κ2) is 4.98. The molecule has 0 radical (unpaired) electrons. The molecule has 0 atom stereocenters. The number of ether oxygens (including phenoxy) is 1. The lowest BCUT2D eigenvalue weighted by Crippen LogP contribution is -2.21. The van der Waals surface area contributed by atoms with Gasteiger partial charge in [-0.05, 0) is 23.8 Å². The van der Waals surface area contributed by atoms with E-state index in [-0.39, 0.29) is 6.09 Å². The van der Waals surface area contributed by atoms with Gasteiger partial charge in [-0.1, -0.05) is 48.5 Å². The molecule has 1 saturated heterocycles. The maximum atomic E-state index is 11.8. The van der Waals surface area contributed by atoms with Crippen molar-refractivity contribution in [2.75, 3.05) is 11.5 Å². The molecule has 0 N–H and O–H groups in total. The minimum absolute atomic E-state index is 0.308. The predicted molar refractivity (Wildman–Crippen MR) is 74.7 cm³/mol. The molecule has 0 aliphatic carbocycles. The van der Waals surface area contributed by atoms with E-state index < -0.39 is 0 Å². The Bertz CT molecular complexity index is 605. The largest absolute Gasteiger partial charge is 0.442 e. The van der Waals surface area contributed by atoms with Crippen LogP contribution >= 0.6 is 0 Å². The first-order valence-corrected chi connectivity index (χ1v) is 6.12. The Morgan fingerprint density at radius 1 is 0.947 bits per heavy atom. The molecular formula is C16H13NO2. The third-order valence-corrected chi connectivity index (χ3v) is 2.96. The first-order valence-electron chi connectivity index (χ1n) is 6.12. The van der Waals surface area contributed by atoms with E-state index in [9.17, 15) is 4.79 Å². The fourth-order valence-corrected chi connectivity index (χ4v) is 2.08. The number of para-hydroxylation sites is 1. The smallest absolute Gasteiger partial charge is 0.419 e. The monoisotopic (exact) mass is 251 g/mol. The lowest BCUT2D eigenvalue weighted by atomic mass is 10.2. The van der Waals surface area contributed by atoms with Crippen LogP contribution in [0.15, 0.2) is 66.4 Å². The maximum absolute atomic E-state index is 11.8. The van der Waals surface area contributed by atoms with Gasteiger partial charge in [0.1, 0.15) is 6.61 Å². The molecule has 0 saturated carbocycles. The molecule has 3 heteroatoms. The first kappa shape index (κ1) is 11.5. The zero-order valence-electron chi connectivity index (χ0n) is 10.3. The molecule has 3 nitrogen and oxygen atoms in total. The van der Waals surface area contributed by atoms with Crippen LogP contribution in [0.25, 0.3) is 6.08 Å². The van der Waals surface area contributed by atoms with E-state index >= 15 is 0 Å². The SMILES string of the molecule is O=C1OC/C(=C/c2ccccc2)N1c1ccccc1. The van der Waals surface area contributed by atoms with Crippen molar-refractivity contribution in [3.63, 3.8) is 0 Å². The highest BCUT2D eigenvalue weighted by molar-refractivity contribution is 5.95. The quantitative estimate of drug-likeness (QED) is 0.814. The number of cyclic esters (lactones) is 1. The van der Waals surface area contributed by atoms with Gasteiger partial charge in [-0.3, -0.25) is 0 Å². The second-order valence-corrected chi connectivity index (χ2v) is 4.27. The van der Waals surface area contributed by atoms with Gasteiger partial charge < -0.3 is 4.74 Å². The summed E-state index contributed by atoms with van der Waals surface area (Å²) in [5, 5.41) is 0. The predicted octanol–water partition coefficient (Wildman–Crippen LogP) is 3.68. The molecule has 2 aromatic carbocycles. The molecule has 0 spiro atoms. The zero-order valence-corrected chi connectivity index (χ0v) is 10.3. The summed E-state index contributed by atoms with van der Waals surface area (Å²) in [6.07, 6.45) is 1.64. The summed E-state index contributed by atoms with van der Waals surface area (Å²) in [6.45, 7) is 0.308. The van der Waals surface area contributed by atoms with Gasteiger partial charge in [0, 0.05) is 0 Å². The Kier molecular flexibility index (Phi) is 3.02. The van der Waals surface area contributed by atoms with E-state index in [1.54, 1.807) is 4.90 Å². The van der Waals surface area contributed by atoms with Gasteiger partial charge in [-0.15, -0.1) is 0 Å². The van der Waals surface area contributed by atoms with Crippen LogP contribution in [-0.4, -0.2) is 12.7 Å². The Balaban J connectivity index is 1.98. The van der Waals surface area contributed by atoms with Gasteiger partial charge in [0.2, 0.25) is 0 Å². The second-order valence-electron chi connectivity index (χ2n) is 4.27. The van der Waals surface area contributed by atoms with Gasteiger partial charge in [-0.25, -0.2) is 9.69 Å². The van der Waals surface area contributed by atoms with Crippen molar-refractivity contribution in [1.29, 1.82) is 0 Å². The van der Waals surface area contributed by atoms with Crippen LogP contribution in [0.1, 0.15) is 5.56 Å². The number of rotatable bonds is 2. The molecule has 0 bridgehead atoms. The Morgan fingerprint density at radius 3 is 2.26 bits per heavy atom. The molecule has 94 valence electrons. The average Bonchev–Trinajstić information content (AvgIpc) is 2.82. The minimum atomic E-state index is -0.326. The molecule has 1 amide bonds. The van der Waals surface area contributed by atoms with Crippen LogP contribution in [-0.2, 0) is 4.74 Å². The number of anilines is 1. The van der Waals surface area contributed by atoms with E-state index in [1.807, 2.05) is 66.7 Å². The standard InChI is InChI=1S/C16H13NO2/c18-16-17(14-9-5-2-6-10-14)15(12-19-16)11-13-7-3-1-4-8-13/h1-11H,12H2/b15-11-. The summed E-state index contributed by atoms with van der Waals surface area (Å²) >= 11 is 0. The molecule has 1 fully saturated rings. The molecule has 1 aliphatic heterocycles. The Labute approximate surface area is 111 Å². The number of hydrogen-bond acceptors (Lipinski definition) is 2. The van der Waals surface area contributed by atoms with E-state index in [4.69, 9.17) is 4.74 Å². The molecule has 19 heavy (non-hydrogen) atoms. The number of carbonyl (C=O) groups excluding carboxylic acids is 1. The summed E-state index contributed by atoms with van der Waals surface area (Å²) in [5.41, 5.74) is 2.73. The summed E-state index contributed by atoms with van der Waals surface area (Å²) in [4.78, 5) is 13.4. The minimum Gasteiger partial charge on any atom is -0.442 e. The van der Waals surface area contributed by atoms with Gasteiger partial charge in [0.25, 0.3) is 0 Å². The van der Waals surface area contributed by atoms with Gasteiger partial charge in [0.05, 0.1) is 11.4 Å². The maximum Gasteiger partial charge on any atom is 0.419 e. The number of hydrogen-bond donors (Lipinski definition) is 0. The summed E-state index contributed by atoms with van der Waals surface area (Å²) in [6, 6.07) is 19.4. The lowest BCUT2D eigenvalue weighted by molar-refractivity contribution is 0.182. The highest BCUT2D eigenvalue weighted by Gasteiger charge is 2.28. The number of benzene rings is 2. The lowest BCUT2D eigenvalue weighted by Gasteiger charge is -2.14. The first-order chi connectivity index (χ1) is 9.34. The normalized spacial score (nSPS) is 16.7. The van der Waals surface area contributed by atoms with Gasteiger partial charge in [0.15, 0.2) is 0 Å². The van der Waals surface area contributed by atoms with Crippen molar-refractivity contribution >= 4 is 17.9 Å². The van der Waals surface area contributed by atoms with Crippen LogP contribution in [0.3, 0.4) is 0 Å². The third kappa shape index (κ3) is 2.36. The number of carbonyl (C=O) groups is 1. The third-order valence-electron chi connectivity index (χ3n) is 2.96. The summed E-state index contributed by atoms with van der Waals surface area (Å²) in [5.74, 6) is 0. The fourth-order valence-electron chi connectivity index (χ4n) is 2.08. The number of nitrogens with zero attached hydrogens (tertiary/aromatic N) is 1. The average molecular weight is 251 g/mol. The van der Waals surface area contributed by atoms with Crippen LogP contribution in [0, 0.1) is 0 Å². The van der Waals surface area contributed by atoms with Crippen LogP contribution in [0.4, 0.5) is 10.5 Å². The Hall–Kier alpha value is -2.55. The highest BCUT2D eigenvalue weighted by Crippen LogP contribution is 2.26. The van der Waals surface area contributed by atoms with Crippen molar-refractivity contribution in [1.82, 2.24) is 0 Å². The zero-order chi connectivity index (χ0) is 13.1. The molecule has 0 unspecified atom stereocenters. The summed E-state index contributed by atoms with van der Waals surface area (Å²) < 4.78 is 5.12. The van der Waals surface area contributed by atoms with E-state index in [0.29, 0.717) is 6.61 Å². The van der Waals surface area contributed by atoms with Crippen LogP contribution < -0.4 is 4.90 Å². The van der Waals surface area contributed by atoms with E-state index in [0.717, 1.165) is 16.9 Å². The number of amides is 1. The molecule has 2 aromatic rings. The fraction of sp³-hybridized carbons (Fsp3) is 0.0625. The topological polar surface area (TPSA) is 29.5 Å². The molecule has 1 heterocycles. The molecule has 0 aromatic heterocycles. The van der Waals surface area contributed by atoms with Crippen LogP contribution in [0.5, 0.6) is 0 Å². The van der Waals surface area contributed by atoms with Crippen molar-refractivity contribution in [2.24, 2.45) is 0 Å². The van der Waals surface area contributed by atoms with Crippen molar-refractivity contribution in [3.05, 3.63) is 71.9 Å². The van der Waals surface area contributed by atoms with Crippen LogP contribution in [0.2, 0.25) is 0 Å². The van der Waals surface area contributed by atoms with Crippen molar-refractivity contribution in [2.45, 2.75) is 0 Å². The highest BCUT2D eigenvalue weighted by atomic mass is 16.6. The molecule has 1 aliphatic rings. The van der Waals surface area contributed by atoms with E-state index in [1.165, 1.54) is 0 Å². The van der Waals surface area contributed by atoms with Gasteiger partial charge >= 0.3 is 6.09 Å². The Morgan fingerprint density at radius 2 is 1.58 bits per heavy atom. The van der Waals surface area contributed by atoms with Crippen molar-refractivity contribution in [3.8, 4) is 0 Å².